The van der Waals surface area contributed by atoms with Crippen LogP contribution in [0, 0.1) is 11.7 Å². The molecule has 0 N–H and O–H groups in total. The number of aromatic nitrogens is 2. The minimum atomic E-state index is -0.326. The minimum absolute atomic E-state index is 0.223. The van der Waals surface area contributed by atoms with E-state index >= 15 is 0 Å². The van der Waals surface area contributed by atoms with Crippen molar-refractivity contribution in [3.63, 3.8) is 0 Å². The smallest absolute Gasteiger partial charge is 0.225 e. The van der Waals surface area contributed by atoms with Gasteiger partial charge in [0.25, 0.3) is 0 Å². The molecule has 34 heavy (non-hydrogen) atoms. The van der Waals surface area contributed by atoms with E-state index in [1.807, 2.05) is 35.2 Å². The van der Waals surface area contributed by atoms with Gasteiger partial charge in [-0.1, -0.05) is 54.9 Å². The van der Waals surface area contributed by atoms with Gasteiger partial charge >= 0.3 is 0 Å². The van der Waals surface area contributed by atoms with Gasteiger partial charge in [0.15, 0.2) is 5.82 Å². The maximum atomic E-state index is 14.7. The van der Waals surface area contributed by atoms with E-state index in [9.17, 15) is 9.18 Å². The first-order valence-corrected chi connectivity index (χ1v) is 12.3. The van der Waals surface area contributed by atoms with Gasteiger partial charge in [0.05, 0.1) is 0 Å². The molecule has 5 nitrogen and oxygen atoms in total. The summed E-state index contributed by atoms with van der Waals surface area (Å²) < 4.78 is 14.7. The summed E-state index contributed by atoms with van der Waals surface area (Å²) >= 11 is 6.39. The Kier molecular flexibility index (Phi) is 6.50. The number of hydrogen-bond donors (Lipinski definition) is 0. The van der Waals surface area contributed by atoms with Crippen LogP contribution in [0.3, 0.4) is 0 Å². The molecule has 1 aliphatic heterocycles. The second-order valence-corrected chi connectivity index (χ2v) is 9.39. The lowest BCUT2D eigenvalue weighted by Gasteiger charge is -2.37. The zero-order valence-corrected chi connectivity index (χ0v) is 20.1. The van der Waals surface area contributed by atoms with Crippen LogP contribution in [-0.2, 0) is 17.6 Å². The predicted octanol–water partition coefficient (Wildman–Crippen LogP) is 5.15. The van der Waals surface area contributed by atoms with E-state index in [1.54, 1.807) is 12.1 Å². The average molecular weight is 479 g/mol. The third-order valence-electron chi connectivity index (χ3n) is 6.67. The molecule has 0 spiro atoms. The Morgan fingerprint density at radius 3 is 2.38 bits per heavy atom. The molecule has 0 radical (unpaired) electrons. The molecule has 1 aliphatic carbocycles. The molecule has 5 rings (SSSR count). The number of nitrogens with zero attached hydrogens (tertiary/aromatic N) is 4. The Morgan fingerprint density at radius 2 is 1.74 bits per heavy atom. The van der Waals surface area contributed by atoms with Gasteiger partial charge < -0.3 is 9.80 Å². The molecular weight excluding hydrogens is 451 g/mol. The summed E-state index contributed by atoms with van der Waals surface area (Å²) in [7, 11) is 0. The van der Waals surface area contributed by atoms with E-state index in [-0.39, 0.29) is 17.6 Å². The highest BCUT2D eigenvalue weighted by Gasteiger charge is 2.35. The molecule has 2 aliphatic rings. The minimum Gasteiger partial charge on any atom is -0.353 e. The lowest BCUT2D eigenvalue weighted by atomic mass is 10.0. The van der Waals surface area contributed by atoms with Crippen molar-refractivity contribution in [1.29, 1.82) is 0 Å². The molecule has 0 atom stereocenters. The van der Waals surface area contributed by atoms with Crippen LogP contribution in [0.4, 0.5) is 10.2 Å². The van der Waals surface area contributed by atoms with Crippen LogP contribution < -0.4 is 4.90 Å². The maximum absolute atomic E-state index is 14.7. The fraction of sp³-hybridized carbons (Fsp3) is 0.370. The highest BCUT2D eigenvalue weighted by Crippen LogP contribution is 2.33. The van der Waals surface area contributed by atoms with E-state index in [0.717, 1.165) is 35.5 Å². The van der Waals surface area contributed by atoms with Gasteiger partial charge in [-0.3, -0.25) is 4.79 Å². The van der Waals surface area contributed by atoms with Crippen molar-refractivity contribution < 1.29 is 9.18 Å². The first-order chi connectivity index (χ1) is 16.5. The molecule has 176 valence electrons. The Hall–Kier alpha value is -2.99. The van der Waals surface area contributed by atoms with Crippen molar-refractivity contribution in [1.82, 2.24) is 14.9 Å². The van der Waals surface area contributed by atoms with E-state index < -0.39 is 0 Å². The number of anilines is 1. The number of aryl methyl sites for hydroxylation is 1. The van der Waals surface area contributed by atoms with Crippen molar-refractivity contribution in [3.8, 4) is 11.4 Å². The largest absolute Gasteiger partial charge is 0.353 e. The summed E-state index contributed by atoms with van der Waals surface area (Å²) in [6.45, 7) is 4.76. The molecule has 2 aromatic carbocycles. The van der Waals surface area contributed by atoms with Crippen LogP contribution in [0.5, 0.6) is 0 Å². The van der Waals surface area contributed by atoms with Crippen molar-refractivity contribution in [3.05, 3.63) is 76.2 Å². The Labute approximate surface area is 204 Å². The van der Waals surface area contributed by atoms with E-state index in [0.29, 0.717) is 55.4 Å². The Balaban J connectivity index is 1.53. The molecule has 0 bridgehead atoms. The zero-order valence-electron chi connectivity index (χ0n) is 19.3. The third-order valence-corrected chi connectivity index (χ3v) is 7.02. The molecule has 0 unspecified atom stereocenters. The van der Waals surface area contributed by atoms with Crippen molar-refractivity contribution >= 4 is 23.3 Å². The van der Waals surface area contributed by atoms with Crippen molar-refractivity contribution in [2.45, 2.75) is 32.6 Å². The maximum Gasteiger partial charge on any atom is 0.225 e. The summed E-state index contributed by atoms with van der Waals surface area (Å²) in [5.41, 5.74) is 3.19. The summed E-state index contributed by atoms with van der Waals surface area (Å²) in [5, 5.41) is 0.403. The fourth-order valence-corrected chi connectivity index (χ4v) is 4.80. The SMILES string of the molecule is CCc1nc(-c2ccccc2)nc(N2CCN(C(=O)C3CC3)CC2)c1Cc1c(F)cccc1Cl. The summed E-state index contributed by atoms with van der Waals surface area (Å²) in [5.74, 6) is 1.64. The van der Waals surface area contributed by atoms with Gasteiger partial charge in [-0.15, -0.1) is 0 Å². The molecule has 3 aromatic rings. The zero-order chi connectivity index (χ0) is 23.7. The first-order valence-electron chi connectivity index (χ1n) is 12.0. The molecule has 2 heterocycles. The standard InChI is InChI=1S/C27H28ClFN4O/c1-2-24-21(17-20-22(28)9-6-10-23(20)29)26(31-25(30-24)18-7-4-3-5-8-18)32-13-15-33(16-14-32)27(34)19-11-12-19/h3-10,19H,2,11-17H2,1H3. The van der Waals surface area contributed by atoms with Crippen LogP contribution in [-0.4, -0.2) is 47.0 Å². The second kappa shape index (κ2) is 9.71. The molecule has 7 heteroatoms. The lowest BCUT2D eigenvalue weighted by Crippen LogP contribution is -2.49. The normalized spacial score (nSPS) is 16.1. The molecule has 2 fully saturated rings. The first kappa shape index (κ1) is 22.8. The van der Waals surface area contributed by atoms with Crippen LogP contribution in [0.2, 0.25) is 5.02 Å². The molecule has 1 saturated heterocycles. The van der Waals surface area contributed by atoms with Crippen molar-refractivity contribution in [2.24, 2.45) is 5.92 Å². The van der Waals surface area contributed by atoms with E-state index in [1.165, 1.54) is 6.07 Å². The highest BCUT2D eigenvalue weighted by atomic mass is 35.5. The number of amides is 1. The number of halogens is 2. The topological polar surface area (TPSA) is 49.3 Å². The number of piperazine rings is 1. The quantitative estimate of drug-likeness (QED) is 0.491. The number of hydrogen-bond acceptors (Lipinski definition) is 4. The fourth-order valence-electron chi connectivity index (χ4n) is 4.57. The van der Waals surface area contributed by atoms with Gasteiger partial charge in [0, 0.05) is 65.9 Å². The second-order valence-electron chi connectivity index (χ2n) is 8.98. The predicted molar refractivity (Wildman–Crippen MR) is 133 cm³/mol. The van der Waals surface area contributed by atoms with Gasteiger partial charge in [-0.25, -0.2) is 14.4 Å². The number of carbonyl (C=O) groups is 1. The summed E-state index contributed by atoms with van der Waals surface area (Å²) in [6.07, 6.45) is 3.04. The number of rotatable bonds is 6. The van der Waals surface area contributed by atoms with Crippen molar-refractivity contribution in [2.75, 3.05) is 31.1 Å². The van der Waals surface area contributed by atoms with Crippen LogP contribution in [0.1, 0.15) is 36.6 Å². The monoisotopic (exact) mass is 478 g/mol. The van der Waals surface area contributed by atoms with Crippen LogP contribution in [0.25, 0.3) is 11.4 Å². The number of carbonyl (C=O) groups excluding carboxylic acids is 1. The lowest BCUT2D eigenvalue weighted by molar-refractivity contribution is -0.132. The number of benzene rings is 2. The molecular formula is C27H28ClFN4O. The van der Waals surface area contributed by atoms with Gasteiger partial charge in [0.1, 0.15) is 11.6 Å². The Morgan fingerprint density at radius 1 is 1.00 bits per heavy atom. The van der Waals surface area contributed by atoms with Gasteiger partial charge in [0.2, 0.25) is 5.91 Å². The molecule has 1 saturated carbocycles. The third kappa shape index (κ3) is 4.64. The van der Waals surface area contributed by atoms with Gasteiger partial charge in [-0.05, 0) is 31.4 Å². The average Bonchev–Trinajstić information content (AvgIpc) is 3.72. The van der Waals surface area contributed by atoms with Crippen LogP contribution in [0.15, 0.2) is 48.5 Å². The summed E-state index contributed by atoms with van der Waals surface area (Å²) in [6, 6.07) is 14.7. The van der Waals surface area contributed by atoms with Crippen LogP contribution >= 0.6 is 11.6 Å². The molecule has 1 amide bonds. The molecule has 1 aromatic heterocycles. The Bertz CT molecular complexity index is 1170. The van der Waals surface area contributed by atoms with E-state index in [4.69, 9.17) is 21.6 Å². The summed E-state index contributed by atoms with van der Waals surface area (Å²) in [4.78, 5) is 26.6. The van der Waals surface area contributed by atoms with E-state index in [2.05, 4.69) is 11.8 Å². The van der Waals surface area contributed by atoms with Gasteiger partial charge in [-0.2, -0.15) is 0 Å². The highest BCUT2D eigenvalue weighted by molar-refractivity contribution is 6.31.